The first-order valence-electron chi connectivity index (χ1n) is 6.52. The molecule has 1 aromatic carbocycles. The highest BCUT2D eigenvalue weighted by molar-refractivity contribution is 5.94. The number of anilines is 1. The summed E-state index contributed by atoms with van der Waals surface area (Å²) in [5.74, 6) is 0.00796. The molecule has 4 nitrogen and oxygen atoms in total. The smallest absolute Gasteiger partial charge is 0.253 e. The molecule has 0 aliphatic carbocycles. The zero-order valence-electron chi connectivity index (χ0n) is 10.7. The molecule has 1 heterocycles. The first kappa shape index (κ1) is 12.9. The Hall–Kier alpha value is -1.55. The van der Waals surface area contributed by atoms with Crippen LogP contribution in [0.5, 0.6) is 0 Å². The van der Waals surface area contributed by atoms with Crippen molar-refractivity contribution >= 4 is 11.6 Å². The van der Waals surface area contributed by atoms with Crippen molar-refractivity contribution in [2.45, 2.75) is 25.9 Å². The number of amides is 1. The molecule has 0 aromatic heterocycles. The fraction of sp³-hybridized carbons (Fsp3) is 0.500. The predicted octanol–water partition coefficient (Wildman–Crippen LogP) is 1.72. The second kappa shape index (κ2) is 5.87. The van der Waals surface area contributed by atoms with E-state index in [0.29, 0.717) is 25.1 Å². The van der Waals surface area contributed by atoms with Gasteiger partial charge in [-0.15, -0.1) is 0 Å². The van der Waals surface area contributed by atoms with Crippen LogP contribution in [-0.4, -0.2) is 41.7 Å². The van der Waals surface area contributed by atoms with Crippen molar-refractivity contribution in [1.29, 1.82) is 0 Å². The number of carbonyl (C=O) groups is 1. The molecule has 98 valence electrons. The van der Waals surface area contributed by atoms with Gasteiger partial charge in [0.25, 0.3) is 5.91 Å². The molecule has 0 spiro atoms. The van der Waals surface area contributed by atoms with Gasteiger partial charge in [0, 0.05) is 30.9 Å². The summed E-state index contributed by atoms with van der Waals surface area (Å²) in [5.41, 5.74) is 1.72. The van der Waals surface area contributed by atoms with E-state index in [2.05, 4.69) is 12.2 Å². The highest BCUT2D eigenvalue weighted by Gasteiger charge is 2.25. The van der Waals surface area contributed by atoms with Crippen LogP contribution in [0.2, 0.25) is 0 Å². The Morgan fingerprint density at radius 2 is 2.17 bits per heavy atom. The average Bonchev–Trinajstić information content (AvgIpc) is 2.83. The second-order valence-electron chi connectivity index (χ2n) is 4.70. The summed E-state index contributed by atoms with van der Waals surface area (Å²) < 4.78 is 0. The summed E-state index contributed by atoms with van der Waals surface area (Å²) >= 11 is 0. The standard InChI is InChI=1S/C14H20N2O2/c1-2-8-15-12-5-3-11(4-6-12)14(18)16-9-7-13(17)10-16/h3-6,13,15,17H,2,7-10H2,1H3. The molecule has 0 bridgehead atoms. The lowest BCUT2D eigenvalue weighted by atomic mass is 10.2. The normalized spacial score (nSPS) is 19.0. The number of β-amino-alcohol motifs (C(OH)–C–C–N with tert-alkyl or cyclic N) is 1. The summed E-state index contributed by atoms with van der Waals surface area (Å²) in [6, 6.07) is 7.53. The number of benzene rings is 1. The van der Waals surface area contributed by atoms with Gasteiger partial charge in [0.2, 0.25) is 0 Å². The molecule has 1 amide bonds. The van der Waals surface area contributed by atoms with Gasteiger partial charge in [-0.2, -0.15) is 0 Å². The fourth-order valence-corrected chi connectivity index (χ4v) is 2.11. The molecule has 1 aromatic rings. The third-order valence-corrected chi connectivity index (χ3v) is 3.16. The molecule has 4 heteroatoms. The van der Waals surface area contributed by atoms with Crippen LogP contribution in [0, 0.1) is 0 Å². The summed E-state index contributed by atoms with van der Waals surface area (Å²) in [5, 5.41) is 12.7. The molecule has 1 fully saturated rings. The van der Waals surface area contributed by atoms with Gasteiger partial charge < -0.3 is 15.3 Å². The molecule has 2 rings (SSSR count). The Morgan fingerprint density at radius 1 is 1.44 bits per heavy atom. The number of aliphatic hydroxyl groups is 1. The lowest BCUT2D eigenvalue weighted by molar-refractivity contribution is 0.0765. The van der Waals surface area contributed by atoms with Gasteiger partial charge in [-0.1, -0.05) is 6.92 Å². The summed E-state index contributed by atoms with van der Waals surface area (Å²) in [7, 11) is 0. The van der Waals surface area contributed by atoms with Crippen molar-refractivity contribution in [3.8, 4) is 0 Å². The van der Waals surface area contributed by atoms with Crippen LogP contribution in [0.4, 0.5) is 5.69 Å². The molecule has 0 radical (unpaired) electrons. The quantitative estimate of drug-likeness (QED) is 0.853. The van der Waals surface area contributed by atoms with E-state index in [9.17, 15) is 9.90 Å². The molecular formula is C14H20N2O2. The molecular weight excluding hydrogens is 228 g/mol. The first-order valence-corrected chi connectivity index (χ1v) is 6.52. The van der Waals surface area contributed by atoms with E-state index in [0.717, 1.165) is 18.7 Å². The minimum atomic E-state index is -0.362. The van der Waals surface area contributed by atoms with E-state index in [-0.39, 0.29) is 12.0 Å². The number of hydrogen-bond donors (Lipinski definition) is 2. The van der Waals surface area contributed by atoms with Crippen molar-refractivity contribution in [3.05, 3.63) is 29.8 Å². The first-order chi connectivity index (χ1) is 8.70. The van der Waals surface area contributed by atoms with E-state index in [4.69, 9.17) is 0 Å². The topological polar surface area (TPSA) is 52.6 Å². The number of likely N-dealkylation sites (tertiary alicyclic amines) is 1. The van der Waals surface area contributed by atoms with Crippen molar-refractivity contribution in [1.82, 2.24) is 4.90 Å². The minimum Gasteiger partial charge on any atom is -0.391 e. The van der Waals surface area contributed by atoms with Crippen molar-refractivity contribution < 1.29 is 9.90 Å². The highest BCUT2D eigenvalue weighted by Crippen LogP contribution is 2.15. The Kier molecular flexibility index (Phi) is 4.20. The van der Waals surface area contributed by atoms with Crippen LogP contribution in [0.25, 0.3) is 0 Å². The SMILES string of the molecule is CCCNc1ccc(C(=O)N2CCC(O)C2)cc1. The highest BCUT2D eigenvalue weighted by atomic mass is 16.3. The van der Waals surface area contributed by atoms with Crippen LogP contribution in [0.15, 0.2) is 24.3 Å². The summed E-state index contributed by atoms with van der Waals surface area (Å²) in [6.07, 6.45) is 1.40. The van der Waals surface area contributed by atoms with Gasteiger partial charge in [0.15, 0.2) is 0 Å². The number of rotatable bonds is 4. The van der Waals surface area contributed by atoms with Crippen LogP contribution >= 0.6 is 0 Å². The average molecular weight is 248 g/mol. The largest absolute Gasteiger partial charge is 0.391 e. The molecule has 1 aliphatic heterocycles. The van der Waals surface area contributed by atoms with Gasteiger partial charge in [-0.25, -0.2) is 0 Å². The lowest BCUT2D eigenvalue weighted by Crippen LogP contribution is -2.29. The molecule has 1 saturated heterocycles. The Morgan fingerprint density at radius 3 is 2.72 bits per heavy atom. The maximum Gasteiger partial charge on any atom is 0.253 e. The maximum atomic E-state index is 12.1. The molecule has 2 N–H and O–H groups in total. The summed E-state index contributed by atoms with van der Waals surface area (Å²) in [4.78, 5) is 13.8. The van der Waals surface area contributed by atoms with Gasteiger partial charge >= 0.3 is 0 Å². The van der Waals surface area contributed by atoms with Crippen molar-refractivity contribution in [2.75, 3.05) is 25.0 Å². The molecule has 1 atom stereocenters. The number of aliphatic hydroxyl groups excluding tert-OH is 1. The Bertz CT molecular complexity index is 403. The monoisotopic (exact) mass is 248 g/mol. The number of carbonyl (C=O) groups excluding carboxylic acids is 1. The lowest BCUT2D eigenvalue weighted by Gasteiger charge is -2.15. The minimum absolute atomic E-state index is 0.00796. The Balaban J connectivity index is 1.98. The van der Waals surface area contributed by atoms with Crippen LogP contribution in [0.1, 0.15) is 30.1 Å². The third-order valence-electron chi connectivity index (χ3n) is 3.16. The maximum absolute atomic E-state index is 12.1. The number of nitrogens with one attached hydrogen (secondary N) is 1. The number of hydrogen-bond acceptors (Lipinski definition) is 3. The molecule has 1 unspecified atom stereocenters. The van der Waals surface area contributed by atoms with Crippen LogP contribution < -0.4 is 5.32 Å². The van der Waals surface area contributed by atoms with E-state index in [1.807, 2.05) is 24.3 Å². The van der Waals surface area contributed by atoms with Crippen molar-refractivity contribution in [2.24, 2.45) is 0 Å². The molecule has 0 saturated carbocycles. The van der Waals surface area contributed by atoms with Crippen LogP contribution in [0.3, 0.4) is 0 Å². The van der Waals surface area contributed by atoms with E-state index in [1.165, 1.54) is 0 Å². The zero-order chi connectivity index (χ0) is 13.0. The van der Waals surface area contributed by atoms with E-state index >= 15 is 0 Å². The Labute approximate surface area is 108 Å². The fourth-order valence-electron chi connectivity index (χ4n) is 2.11. The predicted molar refractivity (Wildman–Crippen MR) is 71.8 cm³/mol. The third kappa shape index (κ3) is 3.01. The summed E-state index contributed by atoms with van der Waals surface area (Å²) in [6.45, 7) is 4.15. The van der Waals surface area contributed by atoms with E-state index in [1.54, 1.807) is 4.90 Å². The number of nitrogens with zero attached hydrogens (tertiary/aromatic N) is 1. The van der Waals surface area contributed by atoms with Crippen LogP contribution in [-0.2, 0) is 0 Å². The van der Waals surface area contributed by atoms with E-state index < -0.39 is 0 Å². The van der Waals surface area contributed by atoms with Gasteiger partial charge in [-0.05, 0) is 37.1 Å². The molecule has 18 heavy (non-hydrogen) atoms. The van der Waals surface area contributed by atoms with Gasteiger partial charge in [0.05, 0.1) is 6.10 Å². The van der Waals surface area contributed by atoms with Gasteiger partial charge in [0.1, 0.15) is 0 Å². The molecule has 1 aliphatic rings. The van der Waals surface area contributed by atoms with Gasteiger partial charge in [-0.3, -0.25) is 4.79 Å². The zero-order valence-corrected chi connectivity index (χ0v) is 10.7. The second-order valence-corrected chi connectivity index (χ2v) is 4.70. The van der Waals surface area contributed by atoms with Crippen molar-refractivity contribution in [3.63, 3.8) is 0 Å².